The monoisotopic (exact) mass is 363 g/mol. The van der Waals surface area contributed by atoms with Gasteiger partial charge in [0.2, 0.25) is 0 Å². The first-order valence-corrected chi connectivity index (χ1v) is 9.12. The Bertz CT molecular complexity index is 1120. The molecule has 0 aliphatic carbocycles. The van der Waals surface area contributed by atoms with E-state index in [4.69, 9.17) is 0 Å². The second kappa shape index (κ2) is 6.76. The number of nitrogens with zero attached hydrogens (tertiary/aromatic N) is 4. The van der Waals surface area contributed by atoms with Gasteiger partial charge in [-0.3, -0.25) is 4.79 Å². The molecule has 0 radical (unpaired) electrons. The average molecular weight is 363 g/mol. The van der Waals surface area contributed by atoms with E-state index < -0.39 is 0 Å². The molecule has 1 unspecified atom stereocenters. The average Bonchev–Trinajstić information content (AvgIpc) is 3.03. The van der Waals surface area contributed by atoms with Crippen molar-refractivity contribution in [2.75, 3.05) is 0 Å². The predicted molar refractivity (Wildman–Crippen MR) is 103 cm³/mol. The number of aromatic nitrogens is 5. The van der Waals surface area contributed by atoms with E-state index in [9.17, 15) is 4.79 Å². The molecule has 0 saturated carbocycles. The number of aromatic amines is 1. The largest absolute Gasteiger partial charge is 0.309 e. The topological polar surface area (TPSA) is 76.5 Å². The van der Waals surface area contributed by atoms with Crippen LogP contribution < -0.4 is 5.56 Å². The van der Waals surface area contributed by atoms with Crippen LogP contribution in [0.5, 0.6) is 0 Å². The van der Waals surface area contributed by atoms with Crippen molar-refractivity contribution in [2.45, 2.75) is 17.3 Å². The molecule has 26 heavy (non-hydrogen) atoms. The van der Waals surface area contributed by atoms with E-state index in [-0.39, 0.29) is 10.8 Å². The van der Waals surface area contributed by atoms with Crippen molar-refractivity contribution in [3.63, 3.8) is 0 Å². The first-order valence-electron chi connectivity index (χ1n) is 8.24. The first kappa shape index (κ1) is 16.5. The minimum atomic E-state index is -0.124. The Hall–Kier alpha value is -2.93. The minimum absolute atomic E-state index is 0.0705. The van der Waals surface area contributed by atoms with Crippen LogP contribution in [0.15, 0.2) is 64.5 Å². The highest BCUT2D eigenvalue weighted by molar-refractivity contribution is 7.99. The summed E-state index contributed by atoms with van der Waals surface area (Å²) in [5, 5.41) is 9.89. The van der Waals surface area contributed by atoms with Gasteiger partial charge >= 0.3 is 0 Å². The quantitative estimate of drug-likeness (QED) is 0.561. The van der Waals surface area contributed by atoms with Gasteiger partial charge in [0, 0.05) is 12.6 Å². The predicted octanol–water partition coefficient (Wildman–Crippen LogP) is 3.57. The molecule has 2 aromatic heterocycles. The van der Waals surface area contributed by atoms with Crippen molar-refractivity contribution in [3.05, 3.63) is 70.8 Å². The maximum Gasteiger partial charge on any atom is 0.258 e. The highest BCUT2D eigenvalue weighted by Crippen LogP contribution is 2.33. The van der Waals surface area contributed by atoms with Gasteiger partial charge in [-0.25, -0.2) is 4.98 Å². The second-order valence-electron chi connectivity index (χ2n) is 5.96. The van der Waals surface area contributed by atoms with Crippen LogP contribution in [-0.2, 0) is 7.05 Å². The number of H-pyrrole nitrogens is 1. The molecule has 0 spiro atoms. The van der Waals surface area contributed by atoms with Crippen LogP contribution in [0.25, 0.3) is 22.3 Å². The molecular weight excluding hydrogens is 346 g/mol. The summed E-state index contributed by atoms with van der Waals surface area (Å²) in [7, 11) is 1.94. The number of nitrogens with one attached hydrogen (secondary N) is 1. The molecule has 1 atom stereocenters. The lowest BCUT2D eigenvalue weighted by atomic mass is 10.2. The third-order valence-corrected chi connectivity index (χ3v) is 5.31. The molecule has 6 nitrogen and oxygen atoms in total. The van der Waals surface area contributed by atoms with Gasteiger partial charge in [-0.05, 0) is 19.1 Å². The maximum absolute atomic E-state index is 12.3. The van der Waals surface area contributed by atoms with Crippen molar-refractivity contribution < 1.29 is 0 Å². The third-order valence-electron chi connectivity index (χ3n) is 4.17. The molecular formula is C19H17N5OS. The van der Waals surface area contributed by atoms with Crippen LogP contribution in [0.3, 0.4) is 0 Å². The Morgan fingerprint density at radius 2 is 1.77 bits per heavy atom. The van der Waals surface area contributed by atoms with Gasteiger partial charge in [-0.15, -0.1) is 10.2 Å². The van der Waals surface area contributed by atoms with Crippen LogP contribution in [0, 0.1) is 0 Å². The molecule has 1 N–H and O–H groups in total. The van der Waals surface area contributed by atoms with E-state index >= 15 is 0 Å². The number of benzene rings is 2. The zero-order valence-corrected chi connectivity index (χ0v) is 15.2. The minimum Gasteiger partial charge on any atom is -0.309 e. The van der Waals surface area contributed by atoms with Gasteiger partial charge in [0.25, 0.3) is 5.56 Å². The smallest absolute Gasteiger partial charge is 0.258 e. The summed E-state index contributed by atoms with van der Waals surface area (Å²) < 4.78 is 1.95. The third kappa shape index (κ3) is 3.01. The lowest BCUT2D eigenvalue weighted by Gasteiger charge is -2.11. The highest BCUT2D eigenvalue weighted by Gasteiger charge is 2.17. The summed E-state index contributed by atoms with van der Waals surface area (Å²) >= 11 is 1.51. The van der Waals surface area contributed by atoms with E-state index in [0.29, 0.717) is 16.7 Å². The summed E-state index contributed by atoms with van der Waals surface area (Å²) in [6.45, 7) is 1.99. The molecule has 130 valence electrons. The fourth-order valence-corrected chi connectivity index (χ4v) is 3.64. The van der Waals surface area contributed by atoms with Crippen molar-refractivity contribution in [2.24, 2.45) is 7.05 Å². The molecule has 0 aliphatic rings. The zero-order chi connectivity index (χ0) is 18.1. The van der Waals surface area contributed by atoms with Crippen LogP contribution >= 0.6 is 11.8 Å². The SMILES string of the molecule is CC(Sc1nnc(-c2ccccc2)n1C)c1nc2ccccc2c(=O)[nH]1. The Morgan fingerprint density at radius 3 is 2.58 bits per heavy atom. The van der Waals surface area contributed by atoms with Gasteiger partial charge in [0.15, 0.2) is 11.0 Å². The normalized spacial score (nSPS) is 12.4. The van der Waals surface area contributed by atoms with Gasteiger partial charge in [-0.2, -0.15) is 0 Å². The number of para-hydroxylation sites is 1. The van der Waals surface area contributed by atoms with E-state index in [1.165, 1.54) is 11.8 Å². The number of rotatable bonds is 4. The summed E-state index contributed by atoms with van der Waals surface area (Å²) in [5.74, 6) is 1.43. The molecule has 0 fully saturated rings. The summed E-state index contributed by atoms with van der Waals surface area (Å²) in [5.41, 5.74) is 1.59. The standard InChI is InChI=1S/C19H17N5OS/c1-12(16-20-15-11-7-6-10-14(15)18(25)21-16)26-19-23-22-17(24(19)2)13-8-4-3-5-9-13/h3-12H,1-2H3,(H,20,21,25). The first-order chi connectivity index (χ1) is 12.6. The van der Waals surface area contributed by atoms with Gasteiger partial charge in [-0.1, -0.05) is 54.2 Å². The number of fused-ring (bicyclic) bond motifs is 1. The second-order valence-corrected chi connectivity index (χ2v) is 7.27. The van der Waals surface area contributed by atoms with Gasteiger partial charge in [0.1, 0.15) is 5.82 Å². The Labute approximate surface area is 154 Å². The summed E-state index contributed by atoms with van der Waals surface area (Å²) in [4.78, 5) is 19.8. The molecule has 4 aromatic rings. The molecule has 2 aromatic carbocycles. The Morgan fingerprint density at radius 1 is 1.04 bits per heavy atom. The van der Waals surface area contributed by atoms with Crippen molar-refractivity contribution in [1.29, 1.82) is 0 Å². The van der Waals surface area contributed by atoms with E-state index in [1.807, 2.05) is 67.1 Å². The molecule has 7 heteroatoms. The summed E-state index contributed by atoms with van der Waals surface area (Å²) in [6, 6.07) is 17.3. The number of hydrogen-bond donors (Lipinski definition) is 1. The van der Waals surface area contributed by atoms with Crippen LogP contribution in [0.1, 0.15) is 18.0 Å². The number of thioether (sulfide) groups is 1. The Kier molecular flexibility index (Phi) is 4.30. The van der Waals surface area contributed by atoms with Crippen molar-refractivity contribution >= 4 is 22.7 Å². The van der Waals surface area contributed by atoms with E-state index in [1.54, 1.807) is 6.07 Å². The fraction of sp³-hybridized carbons (Fsp3) is 0.158. The molecule has 0 aliphatic heterocycles. The lowest BCUT2D eigenvalue weighted by molar-refractivity contribution is 0.786. The molecule has 0 saturated heterocycles. The fourth-order valence-electron chi connectivity index (χ4n) is 2.77. The molecule has 0 bridgehead atoms. The Balaban J connectivity index is 1.64. The molecule has 2 heterocycles. The van der Waals surface area contributed by atoms with Crippen molar-refractivity contribution in [1.82, 2.24) is 24.7 Å². The van der Waals surface area contributed by atoms with E-state index in [2.05, 4.69) is 20.2 Å². The van der Waals surface area contributed by atoms with Crippen LogP contribution in [-0.4, -0.2) is 24.7 Å². The molecule has 0 amide bonds. The maximum atomic E-state index is 12.3. The highest BCUT2D eigenvalue weighted by atomic mass is 32.2. The van der Waals surface area contributed by atoms with Crippen molar-refractivity contribution in [3.8, 4) is 11.4 Å². The number of hydrogen-bond acceptors (Lipinski definition) is 5. The van der Waals surface area contributed by atoms with Gasteiger partial charge < -0.3 is 9.55 Å². The van der Waals surface area contributed by atoms with E-state index in [0.717, 1.165) is 16.5 Å². The zero-order valence-electron chi connectivity index (χ0n) is 14.4. The summed E-state index contributed by atoms with van der Waals surface area (Å²) in [6.07, 6.45) is 0. The van der Waals surface area contributed by atoms with Crippen LogP contribution in [0.4, 0.5) is 0 Å². The van der Waals surface area contributed by atoms with Crippen LogP contribution in [0.2, 0.25) is 0 Å². The van der Waals surface area contributed by atoms with Gasteiger partial charge in [0.05, 0.1) is 16.2 Å². The lowest BCUT2D eigenvalue weighted by Crippen LogP contribution is -2.13. The molecule has 4 rings (SSSR count).